The lowest BCUT2D eigenvalue weighted by molar-refractivity contribution is -0.143. The number of hydrogen-bond donors (Lipinski definition) is 1. The first-order valence-corrected chi connectivity index (χ1v) is 6.81. The second-order valence-electron chi connectivity index (χ2n) is 5.28. The van der Waals surface area contributed by atoms with Crippen molar-refractivity contribution >= 4 is 11.6 Å². The zero-order chi connectivity index (χ0) is 13.8. The Hall–Kier alpha value is -1.55. The summed E-state index contributed by atoms with van der Waals surface area (Å²) in [5, 5.41) is 0. The smallest absolute Gasteiger partial charge is 0.223 e. The molecule has 1 amide bonds. The SMILES string of the molecule is CC1CN(C(=O)CCc2ccc(N)cc2)C(C)CO1. The summed E-state index contributed by atoms with van der Waals surface area (Å²) in [6.07, 6.45) is 1.44. The lowest BCUT2D eigenvalue weighted by atomic mass is 10.1. The largest absolute Gasteiger partial charge is 0.399 e. The van der Waals surface area contributed by atoms with Crippen LogP contribution in [0.15, 0.2) is 24.3 Å². The second-order valence-corrected chi connectivity index (χ2v) is 5.28. The Kier molecular flexibility index (Phi) is 4.43. The summed E-state index contributed by atoms with van der Waals surface area (Å²) in [7, 11) is 0. The zero-order valence-corrected chi connectivity index (χ0v) is 11.6. The maximum atomic E-state index is 12.2. The van der Waals surface area contributed by atoms with E-state index in [-0.39, 0.29) is 18.1 Å². The molecule has 0 aliphatic carbocycles. The van der Waals surface area contributed by atoms with Crippen molar-refractivity contribution in [3.8, 4) is 0 Å². The number of carbonyl (C=O) groups is 1. The third-order valence-electron chi connectivity index (χ3n) is 3.54. The molecule has 2 unspecified atom stereocenters. The average molecular weight is 262 g/mol. The Morgan fingerprint density at radius 2 is 2.05 bits per heavy atom. The van der Waals surface area contributed by atoms with Gasteiger partial charge < -0.3 is 15.4 Å². The fraction of sp³-hybridized carbons (Fsp3) is 0.533. The lowest BCUT2D eigenvalue weighted by Crippen LogP contribution is -2.50. The maximum absolute atomic E-state index is 12.2. The molecule has 1 fully saturated rings. The number of amides is 1. The number of nitrogen functional groups attached to an aromatic ring is 1. The number of rotatable bonds is 3. The van der Waals surface area contributed by atoms with Crippen molar-refractivity contribution in [2.24, 2.45) is 0 Å². The average Bonchev–Trinajstić information content (AvgIpc) is 2.40. The van der Waals surface area contributed by atoms with Crippen LogP contribution in [0.4, 0.5) is 5.69 Å². The van der Waals surface area contributed by atoms with Crippen molar-refractivity contribution in [3.63, 3.8) is 0 Å². The standard InChI is InChI=1S/C15H22N2O2/c1-11-10-19-12(2)9-17(11)15(18)8-5-13-3-6-14(16)7-4-13/h3-4,6-7,11-12H,5,8-10,16H2,1-2H3. The molecule has 1 heterocycles. The van der Waals surface area contributed by atoms with Crippen LogP contribution in [0.2, 0.25) is 0 Å². The Morgan fingerprint density at radius 3 is 2.74 bits per heavy atom. The molecule has 1 aliphatic heterocycles. The van der Waals surface area contributed by atoms with Gasteiger partial charge in [0.2, 0.25) is 5.91 Å². The molecule has 0 bridgehead atoms. The van der Waals surface area contributed by atoms with Crippen LogP contribution >= 0.6 is 0 Å². The van der Waals surface area contributed by atoms with Crippen molar-refractivity contribution in [2.75, 3.05) is 18.9 Å². The normalized spacial score (nSPS) is 23.4. The summed E-state index contributed by atoms with van der Waals surface area (Å²) in [5.74, 6) is 0.208. The van der Waals surface area contributed by atoms with E-state index in [1.165, 1.54) is 0 Å². The molecule has 0 spiro atoms. The first-order chi connectivity index (χ1) is 9.06. The summed E-state index contributed by atoms with van der Waals surface area (Å²) in [5.41, 5.74) is 7.55. The number of ether oxygens (including phenoxy) is 1. The van der Waals surface area contributed by atoms with Crippen molar-refractivity contribution < 1.29 is 9.53 Å². The van der Waals surface area contributed by atoms with Crippen molar-refractivity contribution in [2.45, 2.75) is 38.8 Å². The van der Waals surface area contributed by atoms with Crippen molar-refractivity contribution in [1.82, 2.24) is 4.90 Å². The Labute approximate surface area is 114 Å². The lowest BCUT2D eigenvalue weighted by Gasteiger charge is -2.36. The summed E-state index contributed by atoms with van der Waals surface area (Å²) >= 11 is 0. The van der Waals surface area contributed by atoms with E-state index in [4.69, 9.17) is 10.5 Å². The molecule has 1 aromatic rings. The quantitative estimate of drug-likeness (QED) is 0.846. The van der Waals surface area contributed by atoms with E-state index in [1.807, 2.05) is 43.0 Å². The van der Waals surface area contributed by atoms with Gasteiger partial charge in [0.15, 0.2) is 0 Å². The molecule has 0 aromatic heterocycles. The third kappa shape index (κ3) is 3.70. The minimum absolute atomic E-state index is 0.136. The van der Waals surface area contributed by atoms with E-state index in [2.05, 4.69) is 0 Å². The van der Waals surface area contributed by atoms with E-state index >= 15 is 0 Å². The van der Waals surface area contributed by atoms with Crippen LogP contribution in [0.25, 0.3) is 0 Å². The van der Waals surface area contributed by atoms with E-state index in [0.29, 0.717) is 19.6 Å². The summed E-state index contributed by atoms with van der Waals surface area (Å²) in [4.78, 5) is 14.2. The predicted molar refractivity (Wildman–Crippen MR) is 75.8 cm³/mol. The van der Waals surface area contributed by atoms with Gasteiger partial charge in [0.1, 0.15) is 0 Å². The van der Waals surface area contributed by atoms with Gasteiger partial charge >= 0.3 is 0 Å². The molecule has 4 heteroatoms. The van der Waals surface area contributed by atoms with E-state index in [1.54, 1.807) is 0 Å². The van der Waals surface area contributed by atoms with Crippen LogP contribution < -0.4 is 5.73 Å². The fourth-order valence-electron chi connectivity index (χ4n) is 2.33. The molecule has 0 saturated carbocycles. The van der Waals surface area contributed by atoms with Gasteiger partial charge in [-0.25, -0.2) is 0 Å². The van der Waals surface area contributed by atoms with Crippen LogP contribution in [0.3, 0.4) is 0 Å². The number of morpholine rings is 1. The number of nitrogens with zero attached hydrogens (tertiary/aromatic N) is 1. The molecule has 2 rings (SSSR count). The van der Waals surface area contributed by atoms with Gasteiger partial charge in [0.05, 0.1) is 18.8 Å². The Balaban J connectivity index is 1.88. The highest BCUT2D eigenvalue weighted by atomic mass is 16.5. The molecule has 4 nitrogen and oxygen atoms in total. The van der Waals surface area contributed by atoms with Crippen molar-refractivity contribution in [1.29, 1.82) is 0 Å². The van der Waals surface area contributed by atoms with Gasteiger partial charge in [-0.3, -0.25) is 4.79 Å². The molecule has 0 radical (unpaired) electrons. The monoisotopic (exact) mass is 262 g/mol. The van der Waals surface area contributed by atoms with Crippen molar-refractivity contribution in [3.05, 3.63) is 29.8 Å². The summed E-state index contributed by atoms with van der Waals surface area (Å²) in [6.45, 7) is 5.37. The molecular formula is C15H22N2O2. The van der Waals surface area contributed by atoms with Gasteiger partial charge in [0, 0.05) is 18.7 Å². The molecule has 19 heavy (non-hydrogen) atoms. The highest BCUT2D eigenvalue weighted by molar-refractivity contribution is 5.77. The summed E-state index contributed by atoms with van der Waals surface area (Å²) < 4.78 is 5.54. The summed E-state index contributed by atoms with van der Waals surface area (Å²) in [6, 6.07) is 7.88. The molecule has 104 valence electrons. The number of benzene rings is 1. The second kappa shape index (κ2) is 6.06. The van der Waals surface area contributed by atoms with Gasteiger partial charge in [0.25, 0.3) is 0 Å². The number of hydrogen-bond acceptors (Lipinski definition) is 3. The Bertz CT molecular complexity index is 430. The van der Waals surface area contributed by atoms with Gasteiger partial charge in [-0.05, 0) is 38.0 Å². The number of aryl methyl sites for hydroxylation is 1. The highest BCUT2D eigenvalue weighted by Gasteiger charge is 2.26. The van der Waals surface area contributed by atoms with Gasteiger partial charge in [-0.15, -0.1) is 0 Å². The maximum Gasteiger partial charge on any atom is 0.223 e. The number of carbonyl (C=O) groups excluding carboxylic acids is 1. The Morgan fingerprint density at radius 1 is 1.37 bits per heavy atom. The van der Waals surface area contributed by atoms with E-state index < -0.39 is 0 Å². The zero-order valence-electron chi connectivity index (χ0n) is 11.6. The highest BCUT2D eigenvalue weighted by Crippen LogP contribution is 2.14. The number of nitrogens with two attached hydrogens (primary N) is 1. The minimum atomic E-state index is 0.136. The third-order valence-corrected chi connectivity index (χ3v) is 3.54. The van der Waals surface area contributed by atoms with Crippen LogP contribution in [-0.4, -0.2) is 36.1 Å². The predicted octanol–water partition coefficient (Wildman–Crippen LogP) is 1.84. The number of anilines is 1. The molecule has 2 atom stereocenters. The molecule has 1 aliphatic rings. The molecule has 2 N–H and O–H groups in total. The first-order valence-electron chi connectivity index (χ1n) is 6.81. The fourth-order valence-corrected chi connectivity index (χ4v) is 2.33. The van der Waals surface area contributed by atoms with Gasteiger partial charge in [-0.2, -0.15) is 0 Å². The topological polar surface area (TPSA) is 55.6 Å². The molecule has 1 aromatic carbocycles. The van der Waals surface area contributed by atoms with E-state index in [0.717, 1.165) is 17.7 Å². The first kappa shape index (κ1) is 13.9. The van der Waals surface area contributed by atoms with Crippen LogP contribution in [0.5, 0.6) is 0 Å². The molecule has 1 saturated heterocycles. The molecular weight excluding hydrogens is 240 g/mol. The van der Waals surface area contributed by atoms with Crippen LogP contribution in [0, 0.1) is 0 Å². The van der Waals surface area contributed by atoms with E-state index in [9.17, 15) is 4.79 Å². The van der Waals surface area contributed by atoms with Crippen LogP contribution in [0.1, 0.15) is 25.8 Å². The van der Waals surface area contributed by atoms with Crippen LogP contribution in [-0.2, 0) is 16.0 Å². The minimum Gasteiger partial charge on any atom is -0.399 e. The van der Waals surface area contributed by atoms with Gasteiger partial charge in [-0.1, -0.05) is 12.1 Å².